The zero-order valence-corrected chi connectivity index (χ0v) is 18.5. The van der Waals surface area contributed by atoms with Crippen molar-refractivity contribution in [1.82, 2.24) is 10.6 Å². The number of carboxylic acid groups (broad SMARTS) is 1. The Morgan fingerprint density at radius 1 is 0.812 bits per heavy atom. The molecule has 4 N–H and O–H groups in total. The van der Waals surface area contributed by atoms with E-state index in [0.29, 0.717) is 12.8 Å². The van der Waals surface area contributed by atoms with Gasteiger partial charge in [-0.1, -0.05) is 74.5 Å². The van der Waals surface area contributed by atoms with Crippen molar-refractivity contribution in [1.29, 1.82) is 0 Å². The summed E-state index contributed by atoms with van der Waals surface area (Å²) in [6, 6.07) is 16.4. The third-order valence-corrected chi connectivity index (χ3v) is 5.09. The summed E-state index contributed by atoms with van der Waals surface area (Å²) in [7, 11) is 0. The standard InChI is InChI=1S/C25H32N2O5/c1-17(2)15-20(26-24(30)22(28)14-13-18-9-5-3-6-10-18)23(29)27-21(25(31)32)16-19-11-7-4-8-12-19/h3-12,17,20-22,28H,13-16H2,1-2H3,(H,26,30)(H,27,29)(H,31,32)/t20?,21-,22-/m0/s1. The molecule has 2 amide bonds. The minimum absolute atomic E-state index is 0.0740. The van der Waals surface area contributed by atoms with Crippen LogP contribution in [0.3, 0.4) is 0 Å². The largest absolute Gasteiger partial charge is 0.480 e. The van der Waals surface area contributed by atoms with Crippen LogP contribution in [0.4, 0.5) is 0 Å². The van der Waals surface area contributed by atoms with Crippen LogP contribution >= 0.6 is 0 Å². The molecule has 2 rings (SSSR count). The zero-order chi connectivity index (χ0) is 23.5. The van der Waals surface area contributed by atoms with Crippen LogP contribution in [0, 0.1) is 5.92 Å². The van der Waals surface area contributed by atoms with Crippen molar-refractivity contribution >= 4 is 17.8 Å². The summed E-state index contributed by atoms with van der Waals surface area (Å²) in [5.74, 6) is -2.30. The molecule has 0 spiro atoms. The fourth-order valence-corrected chi connectivity index (χ4v) is 3.37. The third kappa shape index (κ3) is 8.51. The van der Waals surface area contributed by atoms with Crippen molar-refractivity contribution in [3.8, 4) is 0 Å². The summed E-state index contributed by atoms with van der Waals surface area (Å²) >= 11 is 0. The molecule has 7 nitrogen and oxygen atoms in total. The maximum absolute atomic E-state index is 12.9. The Balaban J connectivity index is 1.99. The highest BCUT2D eigenvalue weighted by molar-refractivity contribution is 5.91. The molecule has 0 aliphatic rings. The van der Waals surface area contributed by atoms with Gasteiger partial charge in [0.1, 0.15) is 18.2 Å². The molecule has 1 unspecified atom stereocenters. The van der Waals surface area contributed by atoms with Crippen molar-refractivity contribution in [3.63, 3.8) is 0 Å². The molecular weight excluding hydrogens is 408 g/mol. The predicted molar refractivity (Wildman–Crippen MR) is 122 cm³/mol. The summed E-state index contributed by atoms with van der Waals surface area (Å²) in [6.45, 7) is 3.80. The predicted octanol–water partition coefficient (Wildman–Crippen LogP) is 2.32. The Morgan fingerprint density at radius 2 is 1.34 bits per heavy atom. The molecule has 0 heterocycles. The number of hydrogen-bond acceptors (Lipinski definition) is 4. The SMILES string of the molecule is CC(C)CC(NC(=O)[C@@H](O)CCc1ccccc1)C(=O)N[C@@H](Cc1ccccc1)C(=O)O. The number of aliphatic hydroxyl groups excluding tert-OH is 1. The minimum atomic E-state index is -1.27. The molecule has 32 heavy (non-hydrogen) atoms. The highest BCUT2D eigenvalue weighted by Crippen LogP contribution is 2.10. The Bertz CT molecular complexity index is 870. The second-order valence-electron chi connectivity index (χ2n) is 8.32. The smallest absolute Gasteiger partial charge is 0.326 e. The van der Waals surface area contributed by atoms with Gasteiger partial charge < -0.3 is 20.8 Å². The monoisotopic (exact) mass is 440 g/mol. The van der Waals surface area contributed by atoms with E-state index in [4.69, 9.17) is 0 Å². The molecule has 2 aromatic carbocycles. The van der Waals surface area contributed by atoms with Crippen molar-refractivity contribution in [2.75, 3.05) is 0 Å². The normalized spacial score (nSPS) is 13.8. The number of benzene rings is 2. The minimum Gasteiger partial charge on any atom is -0.480 e. The molecule has 0 aliphatic carbocycles. The number of aryl methyl sites for hydroxylation is 1. The number of carboxylic acids is 1. The van der Waals surface area contributed by atoms with Gasteiger partial charge in [-0.25, -0.2) is 4.79 Å². The maximum Gasteiger partial charge on any atom is 0.326 e. The summed E-state index contributed by atoms with van der Waals surface area (Å²) in [5, 5.41) is 25.0. The Kier molecular flexibility index (Phi) is 9.88. The second kappa shape index (κ2) is 12.6. The zero-order valence-electron chi connectivity index (χ0n) is 18.5. The van der Waals surface area contributed by atoms with Gasteiger partial charge >= 0.3 is 5.97 Å². The van der Waals surface area contributed by atoms with Gasteiger partial charge in [-0.15, -0.1) is 0 Å². The lowest BCUT2D eigenvalue weighted by atomic mass is 10.0. The van der Waals surface area contributed by atoms with E-state index >= 15 is 0 Å². The number of rotatable bonds is 12. The first-order valence-corrected chi connectivity index (χ1v) is 10.9. The highest BCUT2D eigenvalue weighted by atomic mass is 16.4. The molecule has 0 aromatic heterocycles. The van der Waals surface area contributed by atoms with Crippen LogP contribution in [0.1, 0.15) is 37.8 Å². The number of aliphatic carboxylic acids is 1. The third-order valence-electron chi connectivity index (χ3n) is 5.09. The molecule has 2 aromatic rings. The van der Waals surface area contributed by atoms with Gasteiger partial charge in [0, 0.05) is 6.42 Å². The Morgan fingerprint density at radius 3 is 1.88 bits per heavy atom. The van der Waals surface area contributed by atoms with E-state index in [1.54, 1.807) is 24.3 Å². The molecule has 0 aliphatic heterocycles. The lowest BCUT2D eigenvalue weighted by Gasteiger charge is -2.24. The molecule has 0 saturated heterocycles. The molecule has 172 valence electrons. The number of amides is 2. The first-order chi connectivity index (χ1) is 15.3. The summed E-state index contributed by atoms with van der Waals surface area (Å²) < 4.78 is 0. The average molecular weight is 441 g/mol. The van der Waals surface area contributed by atoms with Gasteiger partial charge in [0.15, 0.2) is 0 Å². The van der Waals surface area contributed by atoms with Crippen molar-refractivity contribution in [2.24, 2.45) is 5.92 Å². The van der Waals surface area contributed by atoms with Gasteiger partial charge in [-0.05, 0) is 36.3 Å². The van der Waals surface area contributed by atoms with Crippen LogP contribution in [0.2, 0.25) is 0 Å². The van der Waals surface area contributed by atoms with E-state index in [9.17, 15) is 24.6 Å². The van der Waals surface area contributed by atoms with Gasteiger partial charge in [-0.2, -0.15) is 0 Å². The first kappa shape index (κ1) is 25.1. The Labute approximate surface area is 188 Å². The van der Waals surface area contributed by atoms with E-state index in [0.717, 1.165) is 11.1 Å². The summed E-state index contributed by atoms with van der Waals surface area (Å²) in [5.41, 5.74) is 1.78. The quantitative estimate of drug-likeness (QED) is 0.404. The highest BCUT2D eigenvalue weighted by Gasteiger charge is 2.29. The number of hydrogen-bond donors (Lipinski definition) is 4. The molecule has 0 bridgehead atoms. The molecule has 7 heteroatoms. The molecule has 3 atom stereocenters. The van der Waals surface area contributed by atoms with E-state index in [-0.39, 0.29) is 18.8 Å². The van der Waals surface area contributed by atoms with Gasteiger partial charge in [-0.3, -0.25) is 9.59 Å². The number of carbonyl (C=O) groups excluding carboxylic acids is 2. The number of aliphatic hydroxyl groups is 1. The molecular formula is C25H32N2O5. The summed E-state index contributed by atoms with van der Waals surface area (Å²) in [4.78, 5) is 37.1. The van der Waals surface area contributed by atoms with Crippen molar-refractivity contribution < 1.29 is 24.6 Å². The first-order valence-electron chi connectivity index (χ1n) is 10.9. The Hall–Kier alpha value is -3.19. The number of nitrogens with one attached hydrogen (secondary N) is 2. The lowest BCUT2D eigenvalue weighted by molar-refractivity contribution is -0.142. The van der Waals surface area contributed by atoms with Crippen LogP contribution in [0.15, 0.2) is 60.7 Å². The van der Waals surface area contributed by atoms with E-state index in [1.807, 2.05) is 50.2 Å². The van der Waals surface area contributed by atoms with E-state index < -0.39 is 36.0 Å². The fourth-order valence-electron chi connectivity index (χ4n) is 3.37. The van der Waals surface area contributed by atoms with Crippen molar-refractivity contribution in [2.45, 2.75) is 57.7 Å². The van der Waals surface area contributed by atoms with Crippen LogP contribution in [0.25, 0.3) is 0 Å². The topological polar surface area (TPSA) is 116 Å². The number of carbonyl (C=O) groups is 3. The van der Waals surface area contributed by atoms with Crippen LogP contribution in [-0.2, 0) is 27.2 Å². The summed E-state index contributed by atoms with van der Waals surface area (Å²) in [6.07, 6.45) is -0.0751. The maximum atomic E-state index is 12.9. The van der Waals surface area contributed by atoms with Crippen LogP contribution in [-0.4, -0.2) is 46.2 Å². The lowest BCUT2D eigenvalue weighted by Crippen LogP contribution is -2.54. The van der Waals surface area contributed by atoms with Gasteiger partial charge in [0.2, 0.25) is 11.8 Å². The van der Waals surface area contributed by atoms with Crippen LogP contribution in [0.5, 0.6) is 0 Å². The second-order valence-corrected chi connectivity index (χ2v) is 8.32. The van der Waals surface area contributed by atoms with Crippen molar-refractivity contribution in [3.05, 3.63) is 71.8 Å². The molecule has 0 fully saturated rings. The van der Waals surface area contributed by atoms with Gasteiger partial charge in [0.05, 0.1) is 0 Å². The van der Waals surface area contributed by atoms with Crippen LogP contribution < -0.4 is 10.6 Å². The van der Waals surface area contributed by atoms with E-state index in [2.05, 4.69) is 10.6 Å². The average Bonchev–Trinajstić information content (AvgIpc) is 2.77. The van der Waals surface area contributed by atoms with Gasteiger partial charge in [0.25, 0.3) is 0 Å². The molecule has 0 saturated carbocycles. The fraction of sp³-hybridized carbons (Fsp3) is 0.400. The van der Waals surface area contributed by atoms with E-state index in [1.165, 1.54) is 0 Å². The molecule has 0 radical (unpaired) electrons.